The average Bonchev–Trinajstić information content (AvgIpc) is 3.60. The van der Waals surface area contributed by atoms with E-state index in [1.807, 2.05) is 96.8 Å². The number of hydrogen-bond donors (Lipinski definition) is 2. The summed E-state index contributed by atoms with van der Waals surface area (Å²) in [6, 6.07) is 31.2. The molecule has 1 aliphatic rings. The van der Waals surface area contributed by atoms with Gasteiger partial charge in [-0.15, -0.1) is 0 Å². The number of nitrogens with zero attached hydrogens (tertiary/aromatic N) is 2. The van der Waals surface area contributed by atoms with Crippen molar-refractivity contribution in [2.24, 2.45) is 0 Å². The molecule has 1 fully saturated rings. The van der Waals surface area contributed by atoms with E-state index in [0.29, 0.717) is 27.9 Å². The van der Waals surface area contributed by atoms with Crippen LogP contribution < -0.4 is 15.0 Å². The fourth-order valence-corrected chi connectivity index (χ4v) is 5.21. The Morgan fingerprint density at radius 1 is 0.975 bits per heavy atom. The zero-order valence-electron chi connectivity index (χ0n) is 21.5. The first-order valence-electron chi connectivity index (χ1n) is 12.8. The van der Waals surface area contributed by atoms with Gasteiger partial charge in [0.15, 0.2) is 5.11 Å². The van der Waals surface area contributed by atoms with Gasteiger partial charge in [-0.1, -0.05) is 36.4 Å². The highest BCUT2D eigenvalue weighted by molar-refractivity contribution is 7.80. The number of aryl methyl sites for hydroxylation is 1. The number of carbonyl (C=O) groups is 1. The van der Waals surface area contributed by atoms with E-state index in [9.17, 15) is 9.90 Å². The quantitative estimate of drug-likeness (QED) is 0.205. The molecule has 3 aromatic carbocycles. The van der Waals surface area contributed by atoms with Crippen molar-refractivity contribution in [1.29, 1.82) is 0 Å². The minimum Gasteiger partial charge on any atom is -0.478 e. The number of rotatable bonds is 7. The molecule has 1 aliphatic heterocycles. The zero-order valence-corrected chi connectivity index (χ0v) is 22.3. The number of carboxylic acid groups (broad SMARTS) is 1. The smallest absolute Gasteiger partial charge is 0.335 e. The van der Waals surface area contributed by atoms with Crippen LogP contribution in [0.15, 0.2) is 114 Å². The molecule has 0 radical (unpaired) electrons. The highest BCUT2D eigenvalue weighted by Crippen LogP contribution is 2.43. The van der Waals surface area contributed by atoms with Crippen LogP contribution in [0.5, 0.6) is 11.5 Å². The van der Waals surface area contributed by atoms with Crippen molar-refractivity contribution in [2.45, 2.75) is 19.0 Å². The molecule has 198 valence electrons. The van der Waals surface area contributed by atoms with Crippen LogP contribution in [0.25, 0.3) is 11.3 Å². The molecular formula is C32H25N3O4S. The second-order valence-electron chi connectivity index (χ2n) is 9.45. The van der Waals surface area contributed by atoms with Crippen molar-refractivity contribution >= 4 is 29.0 Å². The number of carboxylic acids is 1. The summed E-state index contributed by atoms with van der Waals surface area (Å²) in [5, 5.41) is 13.4. The molecule has 0 spiro atoms. The van der Waals surface area contributed by atoms with E-state index in [-0.39, 0.29) is 17.6 Å². The number of pyridine rings is 1. The molecular weight excluding hydrogens is 522 g/mol. The van der Waals surface area contributed by atoms with Gasteiger partial charge in [0.05, 0.1) is 17.3 Å². The predicted octanol–water partition coefficient (Wildman–Crippen LogP) is 7.32. The molecule has 0 aliphatic carbocycles. The molecule has 7 nitrogen and oxygen atoms in total. The van der Waals surface area contributed by atoms with Crippen LogP contribution in [0.3, 0.4) is 0 Å². The number of para-hydroxylation sites is 1. The molecule has 0 amide bonds. The van der Waals surface area contributed by atoms with E-state index in [4.69, 9.17) is 21.4 Å². The lowest BCUT2D eigenvalue weighted by Crippen LogP contribution is -2.29. The fraction of sp³-hybridized carbons (Fsp3) is 0.0938. The van der Waals surface area contributed by atoms with Gasteiger partial charge in [-0.2, -0.15) is 0 Å². The summed E-state index contributed by atoms with van der Waals surface area (Å²) in [7, 11) is 0. The van der Waals surface area contributed by atoms with Gasteiger partial charge >= 0.3 is 5.97 Å². The van der Waals surface area contributed by atoms with Crippen molar-refractivity contribution in [3.05, 3.63) is 132 Å². The third-order valence-electron chi connectivity index (χ3n) is 6.85. The van der Waals surface area contributed by atoms with Crippen LogP contribution in [0, 0.1) is 6.92 Å². The molecule has 8 heteroatoms. The molecule has 2 atom stereocenters. The Labute approximate surface area is 236 Å². The summed E-state index contributed by atoms with van der Waals surface area (Å²) in [5.41, 5.74) is 3.61. The molecule has 0 saturated carbocycles. The van der Waals surface area contributed by atoms with Gasteiger partial charge in [-0.25, -0.2) is 4.79 Å². The van der Waals surface area contributed by atoms with Crippen molar-refractivity contribution in [1.82, 2.24) is 10.3 Å². The number of aromatic carboxylic acids is 1. The summed E-state index contributed by atoms with van der Waals surface area (Å²) in [6.07, 6.45) is 1.75. The van der Waals surface area contributed by atoms with Crippen LogP contribution in [0.2, 0.25) is 0 Å². The normalized spacial score (nSPS) is 16.5. The van der Waals surface area contributed by atoms with E-state index < -0.39 is 5.97 Å². The van der Waals surface area contributed by atoms with Crippen molar-refractivity contribution in [2.75, 3.05) is 4.90 Å². The minimum atomic E-state index is -0.991. The number of anilines is 1. The number of furan rings is 1. The number of aromatic nitrogens is 1. The second kappa shape index (κ2) is 10.7. The van der Waals surface area contributed by atoms with Crippen LogP contribution in [-0.2, 0) is 0 Å². The van der Waals surface area contributed by atoms with Gasteiger partial charge in [-0.05, 0) is 91.4 Å². The lowest BCUT2D eigenvalue weighted by Gasteiger charge is -2.26. The molecule has 5 aromatic rings. The minimum absolute atomic E-state index is 0.195. The predicted molar refractivity (Wildman–Crippen MR) is 157 cm³/mol. The fourth-order valence-electron chi connectivity index (χ4n) is 4.87. The van der Waals surface area contributed by atoms with Crippen molar-refractivity contribution in [3.63, 3.8) is 0 Å². The number of ether oxygens (including phenoxy) is 1. The zero-order chi connectivity index (χ0) is 27.6. The molecule has 2 unspecified atom stereocenters. The Bertz CT molecular complexity index is 1680. The maximum atomic E-state index is 11.5. The molecule has 0 bridgehead atoms. The highest BCUT2D eigenvalue weighted by Gasteiger charge is 2.42. The standard InChI is InChI=1S/C32H25N3O4S/c1-20-7-2-3-11-26(20)38-24-14-12-23(13-15-24)35-30(29(34-32(35)40)25-10-4-5-18-33-25)28-17-16-27(39-28)21-8-6-9-22(19-21)31(36)37/h2-19,29-30H,1H3,(H,34,40)(H,36,37). The van der Waals surface area contributed by atoms with Gasteiger partial charge < -0.3 is 24.5 Å². The Morgan fingerprint density at radius 2 is 1.77 bits per heavy atom. The van der Waals surface area contributed by atoms with Gasteiger partial charge in [0, 0.05) is 17.4 Å². The number of thiocarbonyl (C=S) groups is 1. The molecule has 2 aromatic heterocycles. The summed E-state index contributed by atoms with van der Waals surface area (Å²) < 4.78 is 12.5. The van der Waals surface area contributed by atoms with Gasteiger partial charge in [0.1, 0.15) is 29.1 Å². The molecule has 6 rings (SSSR count). The summed E-state index contributed by atoms with van der Waals surface area (Å²) >= 11 is 5.83. The van der Waals surface area contributed by atoms with Gasteiger partial charge in [-0.3, -0.25) is 4.98 Å². The first-order valence-corrected chi connectivity index (χ1v) is 13.2. The van der Waals surface area contributed by atoms with Crippen LogP contribution >= 0.6 is 12.2 Å². The second-order valence-corrected chi connectivity index (χ2v) is 9.83. The van der Waals surface area contributed by atoms with E-state index in [2.05, 4.69) is 10.3 Å². The summed E-state index contributed by atoms with van der Waals surface area (Å²) in [6.45, 7) is 2.01. The highest BCUT2D eigenvalue weighted by atomic mass is 32.1. The van der Waals surface area contributed by atoms with Crippen molar-refractivity contribution in [3.8, 4) is 22.8 Å². The van der Waals surface area contributed by atoms with Gasteiger partial charge in [0.2, 0.25) is 0 Å². The van der Waals surface area contributed by atoms with Crippen molar-refractivity contribution < 1.29 is 19.1 Å². The Hall–Kier alpha value is -4.95. The first-order chi connectivity index (χ1) is 19.5. The van der Waals surface area contributed by atoms with E-state index >= 15 is 0 Å². The Morgan fingerprint density at radius 3 is 2.52 bits per heavy atom. The number of hydrogen-bond acceptors (Lipinski definition) is 5. The third-order valence-corrected chi connectivity index (χ3v) is 7.16. The third kappa shape index (κ3) is 4.92. The number of benzene rings is 3. The average molecular weight is 548 g/mol. The van der Waals surface area contributed by atoms with Crippen LogP contribution in [-0.4, -0.2) is 21.2 Å². The van der Waals surface area contributed by atoms with E-state index in [1.165, 1.54) is 0 Å². The summed E-state index contributed by atoms with van der Waals surface area (Å²) in [5.74, 6) is 1.76. The SMILES string of the molecule is Cc1ccccc1Oc1ccc(N2C(=S)NC(c3ccccn3)C2c2ccc(-c3cccc(C(=O)O)c3)o2)cc1. The Kier molecular flexibility index (Phi) is 6.76. The first kappa shape index (κ1) is 25.3. The van der Waals surface area contributed by atoms with E-state index in [1.54, 1.807) is 24.4 Å². The van der Waals surface area contributed by atoms with Gasteiger partial charge in [0.25, 0.3) is 0 Å². The molecule has 1 saturated heterocycles. The molecule has 3 heterocycles. The Balaban J connectivity index is 1.36. The topological polar surface area (TPSA) is 87.8 Å². The monoisotopic (exact) mass is 547 g/mol. The lowest BCUT2D eigenvalue weighted by molar-refractivity contribution is 0.0697. The summed E-state index contributed by atoms with van der Waals surface area (Å²) in [4.78, 5) is 18.1. The maximum absolute atomic E-state index is 11.5. The van der Waals surface area contributed by atoms with Crippen LogP contribution in [0.4, 0.5) is 5.69 Å². The molecule has 40 heavy (non-hydrogen) atoms. The van der Waals surface area contributed by atoms with Crippen LogP contribution in [0.1, 0.15) is 39.5 Å². The lowest BCUT2D eigenvalue weighted by atomic mass is 10.0. The molecule has 2 N–H and O–H groups in total. The number of nitrogens with one attached hydrogen (secondary N) is 1. The maximum Gasteiger partial charge on any atom is 0.335 e. The largest absolute Gasteiger partial charge is 0.478 e. The van der Waals surface area contributed by atoms with E-state index in [0.717, 1.165) is 22.7 Å².